The largest absolute Gasteiger partial charge is 0.441 e. The molecule has 0 radical (unpaired) electrons. The third-order valence-electron chi connectivity index (χ3n) is 4.49. The summed E-state index contributed by atoms with van der Waals surface area (Å²) < 4.78 is 10.5. The van der Waals surface area contributed by atoms with E-state index >= 15 is 0 Å². The summed E-state index contributed by atoms with van der Waals surface area (Å²) in [6, 6.07) is 6.59. The monoisotopic (exact) mass is 521 g/mol. The molecule has 2 amide bonds. The second kappa shape index (κ2) is 13.4. The van der Waals surface area contributed by atoms with Crippen LogP contribution in [-0.2, 0) is 13.7 Å². The van der Waals surface area contributed by atoms with Crippen LogP contribution < -0.4 is 22.2 Å². The third kappa shape index (κ3) is 8.67. The zero-order valence-electron chi connectivity index (χ0n) is 19.6. The number of hydrazine groups is 1. The number of alkyl carbamates (subject to hydrolysis) is 1. The molecule has 0 aliphatic heterocycles. The lowest BCUT2D eigenvalue weighted by Crippen LogP contribution is -2.39. The van der Waals surface area contributed by atoms with Crippen molar-refractivity contribution in [1.29, 1.82) is 0 Å². The molecule has 1 unspecified atom stereocenters. The molecule has 0 fully saturated rings. The van der Waals surface area contributed by atoms with Gasteiger partial charge in [0.15, 0.2) is 5.82 Å². The smallest absolute Gasteiger partial charge is 0.413 e. The van der Waals surface area contributed by atoms with Crippen LogP contribution in [0.4, 0.5) is 10.5 Å². The Labute approximate surface area is 213 Å². The van der Waals surface area contributed by atoms with E-state index in [4.69, 9.17) is 32.1 Å². The summed E-state index contributed by atoms with van der Waals surface area (Å²) in [7, 11) is 1.49. The molecule has 2 aromatic heterocycles. The molecule has 0 bridgehead atoms. The molecule has 0 aliphatic carbocycles. The number of nitrogens with one attached hydrogen (secondary N) is 2. The summed E-state index contributed by atoms with van der Waals surface area (Å²) in [4.78, 5) is 32.8. The molecule has 188 valence electrons. The van der Waals surface area contributed by atoms with E-state index in [0.717, 1.165) is 5.01 Å². The van der Waals surface area contributed by atoms with Crippen molar-refractivity contribution in [2.24, 2.45) is 11.6 Å². The van der Waals surface area contributed by atoms with Crippen molar-refractivity contribution in [2.75, 3.05) is 18.6 Å². The van der Waals surface area contributed by atoms with Gasteiger partial charge in [-0.2, -0.15) is 0 Å². The lowest BCUT2D eigenvalue weighted by Gasteiger charge is -2.21. The topological polar surface area (TPSA) is 158 Å². The number of rotatable bonds is 11. The number of pyridine rings is 2. The van der Waals surface area contributed by atoms with Crippen molar-refractivity contribution in [3.05, 3.63) is 71.2 Å². The van der Waals surface area contributed by atoms with Gasteiger partial charge >= 0.3 is 6.09 Å². The first-order valence-corrected chi connectivity index (χ1v) is 11.9. The summed E-state index contributed by atoms with van der Waals surface area (Å²) in [5.41, 5.74) is 7.62. The molecule has 0 saturated carbocycles. The molecule has 11 nitrogen and oxygen atoms in total. The molecule has 2 heterocycles. The number of aromatic nitrogens is 2. The quantitative estimate of drug-likeness (QED) is 0.113. The number of anilines is 1. The predicted octanol–water partition coefficient (Wildman–Crippen LogP) is 3.53. The van der Waals surface area contributed by atoms with Gasteiger partial charge in [0.25, 0.3) is 0 Å². The van der Waals surface area contributed by atoms with Crippen LogP contribution in [0.1, 0.15) is 37.1 Å². The summed E-state index contributed by atoms with van der Waals surface area (Å²) in [5, 5.41) is 6.60. The first-order valence-electron chi connectivity index (χ1n) is 10.3. The van der Waals surface area contributed by atoms with Crippen LogP contribution in [0, 0.1) is 0 Å². The van der Waals surface area contributed by atoms with Gasteiger partial charge in [-0.3, -0.25) is 20.1 Å². The van der Waals surface area contributed by atoms with Crippen LogP contribution in [0.3, 0.4) is 0 Å². The number of nitrogens with zero attached hydrogens (tertiary/aromatic N) is 3. The maximum Gasteiger partial charge on any atom is 0.413 e. The minimum absolute atomic E-state index is 0.0658. The van der Waals surface area contributed by atoms with Crippen molar-refractivity contribution >= 4 is 47.0 Å². The average Bonchev–Trinajstić information content (AvgIpc) is 2.81. The Morgan fingerprint density at radius 2 is 2.03 bits per heavy atom. The fourth-order valence-corrected chi connectivity index (χ4v) is 3.37. The van der Waals surface area contributed by atoms with E-state index in [-0.39, 0.29) is 29.0 Å². The number of ether oxygens (including phenoxy) is 1. The molecule has 13 heteroatoms. The second-order valence-electron chi connectivity index (χ2n) is 7.20. The summed E-state index contributed by atoms with van der Waals surface area (Å²) in [6.07, 6.45) is 3.87. The van der Waals surface area contributed by atoms with E-state index in [2.05, 4.69) is 27.2 Å². The lowest BCUT2D eigenvalue weighted by molar-refractivity contribution is -0.116. The van der Waals surface area contributed by atoms with Crippen LogP contribution in [0.25, 0.3) is 5.70 Å². The summed E-state index contributed by atoms with van der Waals surface area (Å²) >= 11 is 7.22. The molecular formula is C22H28ClN7O4S. The number of hydrogen-bond acceptors (Lipinski definition) is 10. The van der Waals surface area contributed by atoms with Crippen molar-refractivity contribution in [1.82, 2.24) is 20.3 Å². The van der Waals surface area contributed by atoms with E-state index in [1.807, 2.05) is 0 Å². The molecule has 2 rings (SSSR count). The Hall–Kier alpha value is -3.48. The third-order valence-corrected chi connectivity index (χ3v) is 5.21. The number of carbonyl (C=O) groups excluding carboxylic acids is 2. The molecule has 0 aliphatic rings. The molecule has 2 aromatic rings. The zero-order valence-corrected chi connectivity index (χ0v) is 21.2. The molecule has 0 spiro atoms. The van der Waals surface area contributed by atoms with E-state index < -0.39 is 12.2 Å². The Balaban J connectivity index is 2.05. The Kier molecular flexibility index (Phi) is 10.6. The number of nitrogens with two attached hydrogens (primary N) is 2. The first kappa shape index (κ1) is 27.8. The highest BCUT2D eigenvalue weighted by Crippen LogP contribution is 2.23. The summed E-state index contributed by atoms with van der Waals surface area (Å²) in [5.74, 6) is 6.22. The highest BCUT2D eigenvalue weighted by Gasteiger charge is 2.19. The van der Waals surface area contributed by atoms with Gasteiger partial charge in [0.05, 0.1) is 29.6 Å². The maximum absolute atomic E-state index is 12.5. The molecule has 0 aromatic carbocycles. The molecule has 35 heavy (non-hydrogen) atoms. The van der Waals surface area contributed by atoms with Crippen LogP contribution in [0.15, 0.2) is 54.8 Å². The van der Waals surface area contributed by atoms with E-state index in [0.29, 0.717) is 29.1 Å². The van der Waals surface area contributed by atoms with Crippen LogP contribution in [0.2, 0.25) is 5.15 Å². The van der Waals surface area contributed by atoms with Gasteiger partial charge in [-0.1, -0.05) is 24.2 Å². The van der Waals surface area contributed by atoms with Crippen LogP contribution in [-0.4, -0.2) is 40.3 Å². The van der Waals surface area contributed by atoms with Crippen molar-refractivity contribution in [3.8, 4) is 0 Å². The molecule has 6 N–H and O–H groups in total. The van der Waals surface area contributed by atoms with Gasteiger partial charge < -0.3 is 20.0 Å². The summed E-state index contributed by atoms with van der Waals surface area (Å²) in [6.45, 7) is 5.38. The Morgan fingerprint density at radius 3 is 2.63 bits per heavy atom. The average molecular weight is 522 g/mol. The predicted molar refractivity (Wildman–Crippen MR) is 136 cm³/mol. The van der Waals surface area contributed by atoms with Gasteiger partial charge in [-0.15, -0.1) is 0 Å². The molecule has 1 atom stereocenters. The first-order chi connectivity index (χ1) is 16.6. The highest BCUT2D eigenvalue weighted by atomic mass is 35.5. The normalized spacial score (nSPS) is 12.1. The van der Waals surface area contributed by atoms with Crippen molar-refractivity contribution in [3.63, 3.8) is 0 Å². The van der Waals surface area contributed by atoms with E-state index in [1.54, 1.807) is 37.4 Å². The van der Waals surface area contributed by atoms with Gasteiger partial charge in [0.2, 0.25) is 5.91 Å². The number of hydrogen-bond donors (Lipinski definition) is 4. The fourth-order valence-electron chi connectivity index (χ4n) is 2.78. The highest BCUT2D eigenvalue weighted by molar-refractivity contribution is 7.94. The Bertz CT molecular complexity index is 1080. The number of amides is 2. The minimum atomic E-state index is -0.802. The molecule has 0 saturated heterocycles. The molecular weight excluding hydrogens is 494 g/mol. The second-order valence-corrected chi connectivity index (χ2v) is 8.06. The number of halogens is 1. The van der Waals surface area contributed by atoms with Crippen LogP contribution in [0.5, 0.6) is 0 Å². The Morgan fingerprint density at radius 1 is 1.29 bits per heavy atom. The van der Waals surface area contributed by atoms with Gasteiger partial charge in [0.1, 0.15) is 22.7 Å². The number of carbonyl (C=O) groups is 2. The SMILES string of the molecule is C=C(CCC(=O)Nc1ccc(/C(N)=C(\NC(=O)OC(C)c2cccnc2Cl)N(C)N)nc1)OSC. The van der Waals surface area contributed by atoms with Crippen LogP contribution >= 0.6 is 23.6 Å². The van der Waals surface area contributed by atoms with Gasteiger partial charge in [-0.05, 0) is 25.1 Å². The van der Waals surface area contributed by atoms with E-state index in [1.165, 1.54) is 31.5 Å². The van der Waals surface area contributed by atoms with Gasteiger partial charge in [0, 0.05) is 37.9 Å². The van der Waals surface area contributed by atoms with E-state index in [9.17, 15) is 9.59 Å². The standard InChI is InChI=1S/C22H28ClN7O4S/c1-13(34-35-4)7-10-18(31)28-15-8-9-17(27-12-15)19(24)21(30(3)25)29-22(32)33-14(2)16-6-5-11-26-20(16)23/h5-6,8-9,11-12,14H,1,7,10,24-25H2,2-4H3,(H,28,31)(H,29,32)/b21-19-. The zero-order chi connectivity index (χ0) is 26.0. The number of allylic oxidation sites excluding steroid dienone is 1. The van der Waals surface area contributed by atoms with Gasteiger partial charge in [-0.25, -0.2) is 15.6 Å². The fraction of sp³-hybridized carbons (Fsp3) is 0.273. The lowest BCUT2D eigenvalue weighted by atomic mass is 10.2. The maximum atomic E-state index is 12.5. The van der Waals surface area contributed by atoms with Crippen molar-refractivity contribution in [2.45, 2.75) is 25.9 Å². The van der Waals surface area contributed by atoms with Crippen molar-refractivity contribution < 1.29 is 18.5 Å². The minimum Gasteiger partial charge on any atom is -0.441 e.